The number of hydrogen-bond donors (Lipinski definition) is 2. The summed E-state index contributed by atoms with van der Waals surface area (Å²) >= 11 is 0. The molecule has 1 aromatic carbocycles. The molecule has 2 amide bonds. The van der Waals surface area contributed by atoms with Crippen molar-refractivity contribution in [3.63, 3.8) is 0 Å². The summed E-state index contributed by atoms with van der Waals surface area (Å²) in [6.45, 7) is 5.10. The smallest absolute Gasteiger partial charge is 0.240 e. The van der Waals surface area contributed by atoms with Gasteiger partial charge in [-0.2, -0.15) is 0 Å². The van der Waals surface area contributed by atoms with Crippen LogP contribution < -0.4 is 15.4 Å². The van der Waals surface area contributed by atoms with Crippen LogP contribution in [0.25, 0.3) is 0 Å². The van der Waals surface area contributed by atoms with Crippen LogP contribution in [0.1, 0.15) is 49.7 Å². The van der Waals surface area contributed by atoms with Gasteiger partial charge in [-0.3, -0.25) is 14.9 Å². The number of nitrogens with zero attached hydrogens (tertiary/aromatic N) is 1. The summed E-state index contributed by atoms with van der Waals surface area (Å²) < 4.78 is 5.94. The molecule has 3 fully saturated rings. The Morgan fingerprint density at radius 3 is 2.60 bits per heavy atom. The van der Waals surface area contributed by atoms with Crippen LogP contribution in [0.5, 0.6) is 5.75 Å². The second-order valence-electron chi connectivity index (χ2n) is 9.24. The van der Waals surface area contributed by atoms with Crippen LogP contribution in [0.2, 0.25) is 0 Å². The molecule has 0 aliphatic carbocycles. The molecule has 1 aromatic rings. The van der Waals surface area contributed by atoms with Crippen LogP contribution in [-0.4, -0.2) is 55.5 Å². The molecule has 164 valence electrons. The Morgan fingerprint density at radius 1 is 1.10 bits per heavy atom. The summed E-state index contributed by atoms with van der Waals surface area (Å²) in [6, 6.07) is 7.14. The average molecular weight is 434 g/mol. The van der Waals surface area contributed by atoms with Crippen LogP contribution >= 0.6 is 12.4 Å². The molecule has 5 rings (SSSR count). The number of fused-ring (bicyclic) bond motifs is 2. The Morgan fingerprint density at radius 2 is 1.87 bits per heavy atom. The molecule has 2 N–H and O–H groups in total. The summed E-state index contributed by atoms with van der Waals surface area (Å²) in [5.41, 5.74) is 1.57. The van der Waals surface area contributed by atoms with Crippen molar-refractivity contribution in [2.75, 3.05) is 32.8 Å². The first-order valence-electron chi connectivity index (χ1n) is 11.2. The van der Waals surface area contributed by atoms with E-state index in [0.29, 0.717) is 19.4 Å². The van der Waals surface area contributed by atoms with Gasteiger partial charge in [0.25, 0.3) is 0 Å². The van der Waals surface area contributed by atoms with E-state index >= 15 is 0 Å². The van der Waals surface area contributed by atoms with Crippen LogP contribution in [-0.2, 0) is 21.4 Å². The number of likely N-dealkylation sites (tertiary alicyclic amines) is 1. The highest BCUT2D eigenvalue weighted by molar-refractivity contribution is 6.04. The number of hydrogen-bond acceptors (Lipinski definition) is 5. The number of nitrogens with one attached hydrogen (secondary N) is 2. The fourth-order valence-electron chi connectivity index (χ4n) is 5.66. The fraction of sp³-hybridized carbons (Fsp3) is 0.652. The minimum atomic E-state index is -0.679. The van der Waals surface area contributed by atoms with Gasteiger partial charge in [-0.15, -0.1) is 12.4 Å². The van der Waals surface area contributed by atoms with Gasteiger partial charge in [-0.05, 0) is 82.3 Å². The van der Waals surface area contributed by atoms with Gasteiger partial charge in [0.05, 0.1) is 0 Å². The lowest BCUT2D eigenvalue weighted by Crippen LogP contribution is -2.52. The van der Waals surface area contributed by atoms with E-state index < -0.39 is 5.41 Å². The molecule has 4 aliphatic rings. The number of halogens is 1. The lowest BCUT2D eigenvalue weighted by Gasteiger charge is -2.39. The largest absolute Gasteiger partial charge is 0.492 e. The van der Waals surface area contributed by atoms with E-state index in [-0.39, 0.29) is 24.2 Å². The van der Waals surface area contributed by atoms with Gasteiger partial charge in [0.1, 0.15) is 17.8 Å². The molecule has 6 nitrogen and oxygen atoms in total. The predicted molar refractivity (Wildman–Crippen MR) is 117 cm³/mol. The van der Waals surface area contributed by atoms with Crippen molar-refractivity contribution >= 4 is 24.2 Å². The predicted octanol–water partition coefficient (Wildman–Crippen LogP) is 2.18. The maximum atomic E-state index is 12.5. The molecule has 30 heavy (non-hydrogen) atoms. The molecule has 3 saturated heterocycles. The highest BCUT2D eigenvalue weighted by atomic mass is 35.5. The van der Waals surface area contributed by atoms with Gasteiger partial charge in [-0.25, -0.2) is 0 Å². The lowest BCUT2D eigenvalue weighted by molar-refractivity contribution is -0.138. The normalized spacial score (nSPS) is 28.0. The van der Waals surface area contributed by atoms with Crippen molar-refractivity contribution < 1.29 is 14.3 Å². The number of amides is 2. The Bertz CT molecular complexity index is 803. The fourth-order valence-corrected chi connectivity index (χ4v) is 5.66. The Kier molecular flexibility index (Phi) is 6.37. The van der Waals surface area contributed by atoms with Crippen molar-refractivity contribution in [3.8, 4) is 5.75 Å². The second-order valence-corrected chi connectivity index (χ2v) is 9.24. The summed E-state index contributed by atoms with van der Waals surface area (Å²) in [7, 11) is 0. The molecule has 0 radical (unpaired) electrons. The van der Waals surface area contributed by atoms with E-state index in [1.54, 1.807) is 0 Å². The number of piperidine rings is 3. The molecule has 1 unspecified atom stereocenters. The molecular formula is C23H32ClN3O3. The number of ether oxygens (including phenoxy) is 1. The first kappa shape index (κ1) is 21.6. The zero-order valence-corrected chi connectivity index (χ0v) is 18.3. The van der Waals surface area contributed by atoms with Crippen molar-refractivity contribution in [3.05, 3.63) is 29.3 Å². The van der Waals surface area contributed by atoms with E-state index in [0.717, 1.165) is 42.8 Å². The number of carbonyl (C=O) groups excluding carboxylic acids is 2. The minimum Gasteiger partial charge on any atom is -0.492 e. The summed E-state index contributed by atoms with van der Waals surface area (Å²) in [6.07, 6.45) is 7.09. The molecule has 7 heteroatoms. The maximum Gasteiger partial charge on any atom is 0.240 e. The maximum absolute atomic E-state index is 12.5. The van der Waals surface area contributed by atoms with E-state index in [9.17, 15) is 9.59 Å². The topological polar surface area (TPSA) is 70.7 Å². The van der Waals surface area contributed by atoms with Gasteiger partial charge < -0.3 is 15.0 Å². The second kappa shape index (κ2) is 8.85. The highest BCUT2D eigenvalue weighted by Gasteiger charge is 2.50. The Hall–Kier alpha value is -1.63. The van der Waals surface area contributed by atoms with Crippen LogP contribution in [0.15, 0.2) is 18.2 Å². The van der Waals surface area contributed by atoms with E-state index in [1.807, 2.05) is 0 Å². The van der Waals surface area contributed by atoms with Crippen molar-refractivity contribution in [2.24, 2.45) is 5.92 Å². The summed E-state index contributed by atoms with van der Waals surface area (Å²) in [5, 5.41) is 5.96. The van der Waals surface area contributed by atoms with E-state index in [1.165, 1.54) is 44.3 Å². The third-order valence-electron chi connectivity index (χ3n) is 7.50. The third kappa shape index (κ3) is 3.97. The van der Waals surface area contributed by atoms with Gasteiger partial charge in [0.2, 0.25) is 11.8 Å². The van der Waals surface area contributed by atoms with Gasteiger partial charge in [0.15, 0.2) is 0 Å². The quantitative estimate of drug-likeness (QED) is 0.715. The average Bonchev–Trinajstić information content (AvgIpc) is 3.11. The van der Waals surface area contributed by atoms with Crippen LogP contribution in [0.3, 0.4) is 0 Å². The van der Waals surface area contributed by atoms with Crippen molar-refractivity contribution in [2.45, 2.75) is 56.4 Å². The molecule has 0 aromatic heterocycles. The molecule has 4 heterocycles. The number of imide groups is 1. The molecule has 4 aliphatic heterocycles. The molecule has 0 saturated carbocycles. The number of benzene rings is 1. The number of rotatable bonds is 3. The lowest BCUT2D eigenvalue weighted by atomic mass is 9.75. The monoisotopic (exact) mass is 433 g/mol. The molecular weight excluding hydrogens is 402 g/mol. The van der Waals surface area contributed by atoms with Crippen LogP contribution in [0, 0.1) is 5.92 Å². The Balaban J connectivity index is 0.00000218. The Labute approximate surface area is 184 Å². The van der Waals surface area contributed by atoms with Gasteiger partial charge in [0, 0.05) is 18.0 Å². The molecule has 1 atom stereocenters. The van der Waals surface area contributed by atoms with E-state index in [2.05, 4.69) is 33.7 Å². The van der Waals surface area contributed by atoms with Gasteiger partial charge >= 0.3 is 0 Å². The first-order chi connectivity index (χ1) is 14.1. The van der Waals surface area contributed by atoms with Crippen LogP contribution in [0.4, 0.5) is 0 Å². The van der Waals surface area contributed by atoms with Crippen molar-refractivity contribution in [1.82, 2.24) is 15.5 Å². The van der Waals surface area contributed by atoms with Gasteiger partial charge in [-0.1, -0.05) is 12.1 Å². The number of carbonyl (C=O) groups is 2. The highest BCUT2D eigenvalue weighted by Crippen LogP contribution is 2.44. The SMILES string of the molecule is Cl.O=C1CCC2(COc3cc(CC4CCN(C5CCNCC5)CC4)ccc32)C(=O)N1. The van der Waals surface area contributed by atoms with Crippen molar-refractivity contribution in [1.29, 1.82) is 0 Å². The molecule has 1 spiro atoms. The third-order valence-corrected chi connectivity index (χ3v) is 7.50. The zero-order chi connectivity index (χ0) is 19.8. The minimum absolute atomic E-state index is 0. The standard InChI is InChI=1S/C23H31N3O3.ClH/c27-21-3-8-23(22(28)25-21)15-29-20-14-17(1-2-19(20)23)13-16-6-11-26(12-7-16)18-4-9-24-10-5-18;/h1-2,14,16,18,24H,3-13,15H2,(H,25,27,28);1H. The summed E-state index contributed by atoms with van der Waals surface area (Å²) in [5.74, 6) is 1.17. The first-order valence-corrected chi connectivity index (χ1v) is 11.2. The molecule has 0 bridgehead atoms. The summed E-state index contributed by atoms with van der Waals surface area (Å²) in [4.78, 5) is 26.8. The zero-order valence-electron chi connectivity index (χ0n) is 17.5. The van der Waals surface area contributed by atoms with E-state index in [4.69, 9.17) is 4.74 Å².